The maximum atomic E-state index is 2.61. The molecular formula is C11H13N. The first-order valence-electron chi connectivity index (χ1n) is 4.76. The summed E-state index contributed by atoms with van der Waals surface area (Å²) in [6.45, 7) is 1.30. The fourth-order valence-electron chi connectivity index (χ4n) is 1.93. The maximum Gasteiger partial charge on any atom is 0.0479 e. The van der Waals surface area contributed by atoms with Gasteiger partial charge in [-0.1, -0.05) is 30.3 Å². The van der Waals surface area contributed by atoms with Gasteiger partial charge in [0, 0.05) is 18.6 Å². The fraction of sp³-hybridized carbons (Fsp3) is 0.455. The summed E-state index contributed by atoms with van der Waals surface area (Å²) in [6.07, 6.45) is 2.87. The van der Waals surface area contributed by atoms with Crippen LogP contribution in [0.5, 0.6) is 0 Å². The molecule has 2 unspecified atom stereocenters. The van der Waals surface area contributed by atoms with E-state index in [1.54, 1.807) is 0 Å². The van der Waals surface area contributed by atoms with Crippen LogP contribution in [0, 0.1) is 0 Å². The Bertz CT molecular complexity index is 276. The molecule has 0 radical (unpaired) electrons. The molecule has 12 heavy (non-hydrogen) atoms. The van der Waals surface area contributed by atoms with Crippen LogP contribution >= 0.6 is 0 Å². The Labute approximate surface area is 73.0 Å². The van der Waals surface area contributed by atoms with Crippen LogP contribution in [-0.2, 0) is 0 Å². The van der Waals surface area contributed by atoms with Crippen LogP contribution in [0.15, 0.2) is 30.3 Å². The Morgan fingerprint density at radius 1 is 1.08 bits per heavy atom. The molecule has 0 spiro atoms. The van der Waals surface area contributed by atoms with E-state index >= 15 is 0 Å². The SMILES string of the molecule is c1ccc(C2CN2C2CC2)cc1. The van der Waals surface area contributed by atoms with Crippen molar-refractivity contribution < 1.29 is 0 Å². The van der Waals surface area contributed by atoms with E-state index in [1.165, 1.54) is 24.9 Å². The molecular weight excluding hydrogens is 146 g/mol. The predicted octanol–water partition coefficient (Wildman–Crippen LogP) is 2.21. The van der Waals surface area contributed by atoms with E-state index in [1.807, 2.05) is 0 Å². The molecule has 3 rings (SSSR count). The van der Waals surface area contributed by atoms with Gasteiger partial charge >= 0.3 is 0 Å². The largest absolute Gasteiger partial charge is 0.290 e. The second-order valence-corrected chi connectivity index (χ2v) is 3.85. The monoisotopic (exact) mass is 159 g/mol. The van der Waals surface area contributed by atoms with E-state index in [9.17, 15) is 0 Å². The molecule has 1 nitrogen and oxygen atoms in total. The lowest BCUT2D eigenvalue weighted by Gasteiger charge is -1.99. The molecule has 2 atom stereocenters. The van der Waals surface area contributed by atoms with E-state index < -0.39 is 0 Å². The highest BCUT2D eigenvalue weighted by Gasteiger charge is 2.44. The Kier molecular flexibility index (Phi) is 1.30. The van der Waals surface area contributed by atoms with Crippen molar-refractivity contribution >= 4 is 0 Å². The van der Waals surface area contributed by atoms with Crippen molar-refractivity contribution in [2.24, 2.45) is 0 Å². The zero-order chi connectivity index (χ0) is 7.97. The Balaban J connectivity index is 1.76. The van der Waals surface area contributed by atoms with Crippen molar-refractivity contribution in [2.45, 2.75) is 24.9 Å². The molecule has 1 heterocycles. The summed E-state index contributed by atoms with van der Waals surface area (Å²) in [5.74, 6) is 0. The number of nitrogens with zero attached hydrogens (tertiary/aromatic N) is 1. The van der Waals surface area contributed by atoms with Gasteiger partial charge in [-0.3, -0.25) is 4.90 Å². The first-order valence-corrected chi connectivity index (χ1v) is 4.76. The van der Waals surface area contributed by atoms with Gasteiger partial charge in [-0.15, -0.1) is 0 Å². The van der Waals surface area contributed by atoms with Crippen LogP contribution in [0.3, 0.4) is 0 Å². The summed E-state index contributed by atoms with van der Waals surface area (Å²) in [5.41, 5.74) is 1.50. The fourth-order valence-corrected chi connectivity index (χ4v) is 1.93. The number of hydrogen-bond donors (Lipinski definition) is 0. The zero-order valence-electron chi connectivity index (χ0n) is 7.11. The van der Waals surface area contributed by atoms with E-state index in [0.29, 0.717) is 0 Å². The smallest absolute Gasteiger partial charge is 0.0479 e. The van der Waals surface area contributed by atoms with Gasteiger partial charge in [0.25, 0.3) is 0 Å². The van der Waals surface area contributed by atoms with Crippen LogP contribution in [0.25, 0.3) is 0 Å². The average Bonchev–Trinajstić information content (AvgIpc) is 2.99. The highest BCUT2D eigenvalue weighted by atomic mass is 15.3. The van der Waals surface area contributed by atoms with Gasteiger partial charge in [-0.05, 0) is 18.4 Å². The molecule has 1 saturated heterocycles. The summed E-state index contributed by atoms with van der Waals surface area (Å²) in [5, 5.41) is 0. The Morgan fingerprint density at radius 3 is 2.50 bits per heavy atom. The summed E-state index contributed by atoms with van der Waals surface area (Å²) in [4.78, 5) is 2.61. The minimum Gasteiger partial charge on any atom is -0.290 e. The highest BCUT2D eigenvalue weighted by molar-refractivity contribution is 5.25. The molecule has 0 N–H and O–H groups in total. The molecule has 2 aliphatic rings. The van der Waals surface area contributed by atoms with Crippen LogP contribution in [-0.4, -0.2) is 17.5 Å². The average molecular weight is 159 g/mol. The third-order valence-corrected chi connectivity index (χ3v) is 2.85. The standard InChI is InChI=1S/C11H13N/c1-2-4-9(5-3-1)11-8-12(11)10-6-7-10/h1-5,10-11H,6-8H2. The molecule has 1 aromatic carbocycles. The molecule has 0 aromatic heterocycles. The first-order chi connectivity index (χ1) is 5.95. The maximum absolute atomic E-state index is 2.61. The van der Waals surface area contributed by atoms with Crippen LogP contribution in [0.2, 0.25) is 0 Å². The quantitative estimate of drug-likeness (QED) is 0.598. The molecule has 1 aliphatic heterocycles. The Morgan fingerprint density at radius 2 is 1.83 bits per heavy atom. The third-order valence-electron chi connectivity index (χ3n) is 2.85. The minimum absolute atomic E-state index is 0.763. The predicted molar refractivity (Wildman–Crippen MR) is 48.9 cm³/mol. The lowest BCUT2D eigenvalue weighted by Crippen LogP contribution is -1.99. The number of rotatable bonds is 2. The van der Waals surface area contributed by atoms with E-state index in [2.05, 4.69) is 35.2 Å². The molecule has 1 aromatic rings. The van der Waals surface area contributed by atoms with Gasteiger partial charge in [0.15, 0.2) is 0 Å². The highest BCUT2D eigenvalue weighted by Crippen LogP contribution is 2.44. The normalized spacial score (nSPS) is 33.3. The molecule has 2 fully saturated rings. The lowest BCUT2D eigenvalue weighted by molar-refractivity contribution is 0.504. The van der Waals surface area contributed by atoms with E-state index in [4.69, 9.17) is 0 Å². The molecule has 0 amide bonds. The lowest BCUT2D eigenvalue weighted by atomic mass is 10.2. The van der Waals surface area contributed by atoms with Crippen molar-refractivity contribution in [1.29, 1.82) is 0 Å². The van der Waals surface area contributed by atoms with Gasteiger partial charge < -0.3 is 0 Å². The van der Waals surface area contributed by atoms with E-state index in [0.717, 1.165) is 12.1 Å². The minimum atomic E-state index is 0.763. The summed E-state index contributed by atoms with van der Waals surface area (Å²) >= 11 is 0. The topological polar surface area (TPSA) is 3.01 Å². The van der Waals surface area contributed by atoms with Crippen molar-refractivity contribution in [3.63, 3.8) is 0 Å². The van der Waals surface area contributed by atoms with Gasteiger partial charge in [0.2, 0.25) is 0 Å². The van der Waals surface area contributed by atoms with Crippen LogP contribution < -0.4 is 0 Å². The van der Waals surface area contributed by atoms with Gasteiger partial charge in [-0.2, -0.15) is 0 Å². The van der Waals surface area contributed by atoms with Gasteiger partial charge in [0.1, 0.15) is 0 Å². The molecule has 0 bridgehead atoms. The molecule has 62 valence electrons. The van der Waals surface area contributed by atoms with Crippen LogP contribution in [0.4, 0.5) is 0 Å². The molecule has 1 heteroatoms. The van der Waals surface area contributed by atoms with Crippen molar-refractivity contribution in [3.05, 3.63) is 35.9 Å². The first kappa shape index (κ1) is 6.67. The van der Waals surface area contributed by atoms with E-state index in [-0.39, 0.29) is 0 Å². The summed E-state index contributed by atoms with van der Waals surface area (Å²) in [7, 11) is 0. The Hall–Kier alpha value is -0.820. The van der Waals surface area contributed by atoms with Gasteiger partial charge in [0.05, 0.1) is 0 Å². The molecule has 1 aliphatic carbocycles. The molecule has 1 saturated carbocycles. The van der Waals surface area contributed by atoms with Crippen molar-refractivity contribution in [3.8, 4) is 0 Å². The van der Waals surface area contributed by atoms with Crippen molar-refractivity contribution in [2.75, 3.05) is 6.54 Å². The number of benzene rings is 1. The summed E-state index contributed by atoms with van der Waals surface area (Å²) < 4.78 is 0. The van der Waals surface area contributed by atoms with Crippen molar-refractivity contribution in [1.82, 2.24) is 4.90 Å². The van der Waals surface area contributed by atoms with Crippen LogP contribution in [0.1, 0.15) is 24.4 Å². The zero-order valence-corrected chi connectivity index (χ0v) is 7.11. The van der Waals surface area contributed by atoms with Gasteiger partial charge in [-0.25, -0.2) is 0 Å². The number of hydrogen-bond acceptors (Lipinski definition) is 1. The second-order valence-electron chi connectivity index (χ2n) is 3.85. The second kappa shape index (κ2) is 2.33. The summed E-state index contributed by atoms with van der Waals surface area (Å²) in [6, 6.07) is 12.6. The third kappa shape index (κ3) is 1.05.